The highest BCUT2D eigenvalue weighted by Crippen LogP contribution is 2.29. The molecule has 0 unspecified atom stereocenters. The van der Waals surface area contributed by atoms with Crippen LogP contribution in [0.1, 0.15) is 16.7 Å². The maximum atomic E-state index is 6.37. The summed E-state index contributed by atoms with van der Waals surface area (Å²) in [7, 11) is 0. The van der Waals surface area contributed by atoms with E-state index in [0.29, 0.717) is 16.0 Å². The fourth-order valence-electron chi connectivity index (χ4n) is 2.58. The van der Waals surface area contributed by atoms with Gasteiger partial charge in [0.1, 0.15) is 5.15 Å². The highest BCUT2D eigenvalue weighted by molar-refractivity contribution is 6.34. The summed E-state index contributed by atoms with van der Waals surface area (Å²) in [5.41, 5.74) is 5.05. The molecule has 0 radical (unpaired) electrons. The molecule has 3 aromatic rings. The van der Waals surface area contributed by atoms with Crippen molar-refractivity contribution in [1.29, 1.82) is 0 Å². The Bertz CT molecular complexity index is 837. The number of nitrogens with zero attached hydrogens (tertiary/aromatic N) is 2. The third-order valence-corrected chi connectivity index (χ3v) is 3.89. The number of rotatable bonds is 1. The predicted molar refractivity (Wildman–Crippen MR) is 89.2 cm³/mol. The third-order valence-electron chi connectivity index (χ3n) is 3.40. The normalized spacial score (nSPS) is 11.1. The largest absolute Gasteiger partial charge is 0.228 e. The smallest absolute Gasteiger partial charge is 0.161 e. The zero-order valence-electron chi connectivity index (χ0n) is 12.0. The van der Waals surface area contributed by atoms with Crippen LogP contribution in [0, 0.1) is 20.8 Å². The molecule has 0 atom stereocenters. The molecular formula is C17H14Cl2N2. The van der Waals surface area contributed by atoms with Crippen LogP contribution in [0.4, 0.5) is 0 Å². The Labute approximate surface area is 133 Å². The summed E-state index contributed by atoms with van der Waals surface area (Å²) in [4.78, 5) is 9.10. The first-order valence-corrected chi connectivity index (χ1v) is 7.42. The van der Waals surface area contributed by atoms with E-state index >= 15 is 0 Å². The van der Waals surface area contributed by atoms with E-state index in [4.69, 9.17) is 23.2 Å². The minimum absolute atomic E-state index is 0.477. The number of halogens is 2. The lowest BCUT2D eigenvalue weighted by atomic mass is 10.1. The van der Waals surface area contributed by atoms with E-state index in [1.807, 2.05) is 45.0 Å². The van der Waals surface area contributed by atoms with Gasteiger partial charge in [-0.15, -0.1) is 0 Å². The molecule has 2 aromatic carbocycles. The van der Waals surface area contributed by atoms with Crippen molar-refractivity contribution < 1.29 is 0 Å². The fraction of sp³-hybridized carbons (Fsp3) is 0.176. The van der Waals surface area contributed by atoms with Crippen LogP contribution >= 0.6 is 23.2 Å². The van der Waals surface area contributed by atoms with E-state index in [1.165, 1.54) is 0 Å². The molecule has 0 saturated carbocycles. The molecule has 106 valence electrons. The molecule has 0 bridgehead atoms. The van der Waals surface area contributed by atoms with Gasteiger partial charge in [0.05, 0.1) is 5.52 Å². The Morgan fingerprint density at radius 1 is 0.810 bits per heavy atom. The molecule has 1 aromatic heterocycles. The second-order valence-electron chi connectivity index (χ2n) is 5.33. The van der Waals surface area contributed by atoms with Gasteiger partial charge in [-0.2, -0.15) is 0 Å². The first-order chi connectivity index (χ1) is 9.94. The first-order valence-electron chi connectivity index (χ1n) is 6.66. The average molecular weight is 317 g/mol. The molecule has 0 spiro atoms. The Morgan fingerprint density at radius 3 is 2.24 bits per heavy atom. The van der Waals surface area contributed by atoms with E-state index in [1.54, 1.807) is 0 Å². The lowest BCUT2D eigenvalue weighted by Gasteiger charge is -2.09. The number of hydrogen-bond acceptors (Lipinski definition) is 2. The summed E-state index contributed by atoms with van der Waals surface area (Å²) < 4.78 is 0. The molecule has 0 fully saturated rings. The van der Waals surface area contributed by atoms with Crippen LogP contribution in [0.3, 0.4) is 0 Å². The molecule has 3 rings (SSSR count). The van der Waals surface area contributed by atoms with Gasteiger partial charge in [0.15, 0.2) is 5.82 Å². The Balaban J connectivity index is 2.29. The van der Waals surface area contributed by atoms with Gasteiger partial charge in [0.25, 0.3) is 0 Å². The van der Waals surface area contributed by atoms with Crippen molar-refractivity contribution in [2.24, 2.45) is 0 Å². The SMILES string of the molecule is Cc1cc(Cl)cc(-c2nc(Cl)c3c(C)cc(C)cc3n2)c1. The van der Waals surface area contributed by atoms with Crippen molar-refractivity contribution in [3.63, 3.8) is 0 Å². The monoisotopic (exact) mass is 316 g/mol. The zero-order chi connectivity index (χ0) is 15.1. The van der Waals surface area contributed by atoms with E-state index < -0.39 is 0 Å². The molecule has 0 saturated heterocycles. The predicted octanol–water partition coefficient (Wildman–Crippen LogP) is 5.53. The number of benzene rings is 2. The summed E-state index contributed by atoms with van der Waals surface area (Å²) in [6, 6.07) is 9.88. The van der Waals surface area contributed by atoms with E-state index in [-0.39, 0.29) is 0 Å². The molecule has 0 aliphatic heterocycles. The van der Waals surface area contributed by atoms with Crippen LogP contribution in [-0.2, 0) is 0 Å². The molecule has 0 aliphatic rings. The molecule has 1 heterocycles. The second kappa shape index (κ2) is 5.28. The van der Waals surface area contributed by atoms with Crippen molar-refractivity contribution in [3.8, 4) is 11.4 Å². The van der Waals surface area contributed by atoms with Crippen molar-refractivity contribution in [3.05, 3.63) is 57.2 Å². The maximum absolute atomic E-state index is 6.37. The molecule has 0 amide bonds. The summed E-state index contributed by atoms with van der Waals surface area (Å²) in [6.45, 7) is 6.06. The molecule has 4 heteroatoms. The van der Waals surface area contributed by atoms with E-state index in [9.17, 15) is 0 Å². The molecule has 0 N–H and O–H groups in total. The van der Waals surface area contributed by atoms with Gasteiger partial charge in [-0.05, 0) is 61.7 Å². The lowest BCUT2D eigenvalue weighted by molar-refractivity contribution is 1.21. The number of aryl methyl sites for hydroxylation is 3. The van der Waals surface area contributed by atoms with Crippen LogP contribution in [0.2, 0.25) is 10.2 Å². The summed E-state index contributed by atoms with van der Waals surface area (Å²) in [5.74, 6) is 0.600. The van der Waals surface area contributed by atoms with Gasteiger partial charge < -0.3 is 0 Å². The fourth-order valence-corrected chi connectivity index (χ4v) is 3.20. The number of fused-ring (bicyclic) bond motifs is 1. The van der Waals surface area contributed by atoms with E-state index in [0.717, 1.165) is 33.2 Å². The van der Waals surface area contributed by atoms with Crippen LogP contribution in [0.25, 0.3) is 22.3 Å². The van der Waals surface area contributed by atoms with Crippen LogP contribution in [0.15, 0.2) is 30.3 Å². The van der Waals surface area contributed by atoms with Gasteiger partial charge in [0, 0.05) is 16.0 Å². The molecule has 21 heavy (non-hydrogen) atoms. The Hall–Kier alpha value is -1.64. The second-order valence-corrected chi connectivity index (χ2v) is 6.13. The van der Waals surface area contributed by atoms with Crippen molar-refractivity contribution in [1.82, 2.24) is 9.97 Å². The van der Waals surface area contributed by atoms with Gasteiger partial charge in [0.2, 0.25) is 0 Å². The summed E-state index contributed by atoms with van der Waals surface area (Å²) >= 11 is 12.5. The maximum Gasteiger partial charge on any atom is 0.161 e. The quantitative estimate of drug-likeness (QED) is 0.552. The van der Waals surface area contributed by atoms with E-state index in [2.05, 4.69) is 16.0 Å². The highest BCUT2D eigenvalue weighted by atomic mass is 35.5. The van der Waals surface area contributed by atoms with Crippen molar-refractivity contribution >= 4 is 34.1 Å². The molecule has 0 aliphatic carbocycles. The Morgan fingerprint density at radius 2 is 1.52 bits per heavy atom. The van der Waals surface area contributed by atoms with Crippen molar-refractivity contribution in [2.75, 3.05) is 0 Å². The van der Waals surface area contributed by atoms with Gasteiger partial charge in [-0.1, -0.05) is 29.3 Å². The third kappa shape index (κ3) is 2.74. The lowest BCUT2D eigenvalue weighted by Crippen LogP contribution is -1.95. The zero-order valence-corrected chi connectivity index (χ0v) is 13.5. The summed E-state index contributed by atoms with van der Waals surface area (Å²) in [5, 5.41) is 2.06. The van der Waals surface area contributed by atoms with Gasteiger partial charge >= 0.3 is 0 Å². The average Bonchev–Trinajstić information content (AvgIpc) is 2.35. The topological polar surface area (TPSA) is 25.8 Å². The highest BCUT2D eigenvalue weighted by Gasteiger charge is 2.11. The first kappa shape index (κ1) is 14.3. The number of aromatic nitrogens is 2. The molecular weight excluding hydrogens is 303 g/mol. The van der Waals surface area contributed by atoms with Crippen LogP contribution < -0.4 is 0 Å². The Kier molecular flexibility index (Phi) is 3.60. The van der Waals surface area contributed by atoms with Crippen LogP contribution in [-0.4, -0.2) is 9.97 Å². The number of hydrogen-bond donors (Lipinski definition) is 0. The van der Waals surface area contributed by atoms with Gasteiger partial charge in [-0.3, -0.25) is 0 Å². The minimum atomic E-state index is 0.477. The minimum Gasteiger partial charge on any atom is -0.228 e. The standard InChI is InChI=1S/C17H14Cl2N2/c1-9-4-11(3)15-14(7-9)20-17(21-16(15)19)12-5-10(2)6-13(18)8-12/h4-8H,1-3H3. The van der Waals surface area contributed by atoms with Crippen molar-refractivity contribution in [2.45, 2.75) is 20.8 Å². The van der Waals surface area contributed by atoms with Crippen LogP contribution in [0.5, 0.6) is 0 Å². The van der Waals surface area contributed by atoms with Gasteiger partial charge in [-0.25, -0.2) is 9.97 Å². The molecule has 2 nitrogen and oxygen atoms in total. The summed E-state index contributed by atoms with van der Waals surface area (Å²) in [6.07, 6.45) is 0.